The zero-order valence-corrected chi connectivity index (χ0v) is 12.8. The van der Waals surface area contributed by atoms with Gasteiger partial charge in [0.15, 0.2) is 0 Å². The van der Waals surface area contributed by atoms with Crippen molar-refractivity contribution < 1.29 is 4.79 Å². The van der Waals surface area contributed by atoms with Crippen LogP contribution in [0, 0.1) is 0 Å². The van der Waals surface area contributed by atoms with E-state index in [1.807, 2.05) is 19.0 Å². The predicted molar refractivity (Wildman–Crippen MR) is 79.5 cm³/mol. The van der Waals surface area contributed by atoms with Gasteiger partial charge in [0.05, 0.1) is 0 Å². The van der Waals surface area contributed by atoms with Crippen LogP contribution >= 0.6 is 0 Å². The average Bonchev–Trinajstić information content (AvgIpc) is 2.39. The molecule has 0 radical (unpaired) electrons. The molecule has 1 aliphatic heterocycles. The minimum atomic E-state index is 0.0926. The molecule has 5 nitrogen and oxygen atoms in total. The monoisotopic (exact) mass is 270 g/mol. The van der Waals surface area contributed by atoms with Crippen LogP contribution in [0.2, 0.25) is 0 Å². The van der Waals surface area contributed by atoms with Crippen molar-refractivity contribution in [2.45, 2.75) is 26.2 Å². The number of rotatable bonds is 7. The van der Waals surface area contributed by atoms with Crippen LogP contribution in [0.3, 0.4) is 0 Å². The molecule has 1 heterocycles. The van der Waals surface area contributed by atoms with Gasteiger partial charge in [-0.3, -0.25) is 4.90 Å². The summed E-state index contributed by atoms with van der Waals surface area (Å²) < 4.78 is 0. The van der Waals surface area contributed by atoms with Gasteiger partial charge in [-0.05, 0) is 27.1 Å². The van der Waals surface area contributed by atoms with E-state index in [9.17, 15) is 4.79 Å². The molecule has 1 rings (SSSR count). The molecule has 1 fully saturated rings. The summed E-state index contributed by atoms with van der Waals surface area (Å²) in [5.41, 5.74) is 0. The molecule has 1 N–H and O–H groups in total. The van der Waals surface area contributed by atoms with Gasteiger partial charge in [-0.15, -0.1) is 0 Å². The smallest absolute Gasteiger partial charge is 0.317 e. The molecule has 0 saturated carbocycles. The Balaban J connectivity index is 2.12. The Morgan fingerprint density at radius 3 is 2.42 bits per heavy atom. The van der Waals surface area contributed by atoms with Crippen molar-refractivity contribution in [1.82, 2.24) is 20.0 Å². The van der Waals surface area contributed by atoms with Crippen molar-refractivity contribution in [2.24, 2.45) is 0 Å². The van der Waals surface area contributed by atoms with E-state index >= 15 is 0 Å². The molecule has 0 aromatic carbocycles. The second-order valence-corrected chi connectivity index (χ2v) is 5.57. The predicted octanol–water partition coefficient (Wildman–Crippen LogP) is 1.07. The lowest BCUT2D eigenvalue weighted by Gasteiger charge is -2.34. The summed E-state index contributed by atoms with van der Waals surface area (Å²) in [5.74, 6) is 0. The van der Waals surface area contributed by atoms with Crippen LogP contribution in [0.5, 0.6) is 0 Å². The Kier molecular flexibility index (Phi) is 7.82. The minimum Gasteiger partial charge on any atom is -0.337 e. The number of piperazine rings is 1. The zero-order valence-electron chi connectivity index (χ0n) is 12.8. The van der Waals surface area contributed by atoms with Gasteiger partial charge in [0.1, 0.15) is 0 Å². The number of carbonyl (C=O) groups is 1. The van der Waals surface area contributed by atoms with Crippen molar-refractivity contribution in [3.8, 4) is 0 Å². The van der Waals surface area contributed by atoms with Crippen LogP contribution < -0.4 is 5.32 Å². The van der Waals surface area contributed by atoms with Gasteiger partial charge in [-0.1, -0.05) is 19.8 Å². The molecule has 1 saturated heterocycles. The van der Waals surface area contributed by atoms with Crippen molar-refractivity contribution >= 4 is 6.03 Å². The molecule has 0 spiro atoms. The largest absolute Gasteiger partial charge is 0.337 e. The van der Waals surface area contributed by atoms with E-state index < -0.39 is 0 Å². The molecule has 0 atom stereocenters. The highest BCUT2D eigenvalue weighted by atomic mass is 16.2. The van der Waals surface area contributed by atoms with Crippen molar-refractivity contribution in [3.63, 3.8) is 0 Å². The summed E-state index contributed by atoms with van der Waals surface area (Å²) in [7, 11) is 4.03. The standard InChI is InChI=1S/C14H30N4O/c1-4-5-6-8-17-10-12-18(13-11-17)14(19)15-7-9-16(2)3/h4-13H2,1-3H3,(H,15,19). The normalized spacial score (nSPS) is 16.9. The van der Waals surface area contributed by atoms with Crippen LogP contribution in [-0.2, 0) is 0 Å². The van der Waals surface area contributed by atoms with E-state index in [4.69, 9.17) is 0 Å². The lowest BCUT2D eigenvalue weighted by Crippen LogP contribution is -2.52. The highest BCUT2D eigenvalue weighted by Crippen LogP contribution is 2.04. The first-order valence-electron chi connectivity index (χ1n) is 7.53. The molecular formula is C14H30N4O. The van der Waals surface area contributed by atoms with Gasteiger partial charge in [0, 0.05) is 39.3 Å². The molecule has 0 aromatic rings. The Bertz CT molecular complexity index is 250. The molecule has 0 bridgehead atoms. The second kappa shape index (κ2) is 9.15. The van der Waals surface area contributed by atoms with Crippen LogP contribution in [0.25, 0.3) is 0 Å². The second-order valence-electron chi connectivity index (χ2n) is 5.57. The third-order valence-electron chi connectivity index (χ3n) is 3.57. The van der Waals surface area contributed by atoms with Gasteiger partial charge in [-0.2, -0.15) is 0 Å². The van der Waals surface area contributed by atoms with E-state index in [1.54, 1.807) is 0 Å². The summed E-state index contributed by atoms with van der Waals surface area (Å²) in [6, 6.07) is 0.0926. The molecule has 0 unspecified atom stereocenters. The van der Waals surface area contributed by atoms with E-state index in [0.717, 1.165) is 39.3 Å². The topological polar surface area (TPSA) is 38.8 Å². The molecular weight excluding hydrogens is 240 g/mol. The minimum absolute atomic E-state index is 0.0926. The average molecular weight is 270 g/mol. The highest BCUT2D eigenvalue weighted by Gasteiger charge is 2.20. The number of carbonyl (C=O) groups excluding carboxylic acids is 1. The fourth-order valence-electron chi connectivity index (χ4n) is 2.26. The Hall–Kier alpha value is -0.810. The fraction of sp³-hybridized carbons (Fsp3) is 0.929. The first kappa shape index (κ1) is 16.2. The zero-order chi connectivity index (χ0) is 14.1. The van der Waals surface area contributed by atoms with Gasteiger partial charge in [-0.25, -0.2) is 4.79 Å². The molecule has 2 amide bonds. The molecule has 1 aliphatic rings. The Morgan fingerprint density at radius 1 is 1.16 bits per heavy atom. The number of unbranched alkanes of at least 4 members (excludes halogenated alkanes) is 2. The molecule has 112 valence electrons. The molecule has 19 heavy (non-hydrogen) atoms. The van der Waals surface area contributed by atoms with Crippen LogP contribution in [0.1, 0.15) is 26.2 Å². The summed E-state index contributed by atoms with van der Waals surface area (Å²) in [4.78, 5) is 18.4. The lowest BCUT2D eigenvalue weighted by atomic mass is 10.2. The Morgan fingerprint density at radius 2 is 1.84 bits per heavy atom. The summed E-state index contributed by atoms with van der Waals surface area (Å²) in [6.07, 6.45) is 3.87. The number of hydrogen-bond acceptors (Lipinski definition) is 3. The number of hydrogen-bond donors (Lipinski definition) is 1. The van der Waals surface area contributed by atoms with Gasteiger partial charge in [0.2, 0.25) is 0 Å². The fourth-order valence-corrected chi connectivity index (χ4v) is 2.26. The quantitative estimate of drug-likeness (QED) is 0.703. The lowest BCUT2D eigenvalue weighted by molar-refractivity contribution is 0.137. The van der Waals surface area contributed by atoms with E-state index in [1.165, 1.54) is 25.8 Å². The van der Waals surface area contributed by atoms with Crippen LogP contribution in [0.4, 0.5) is 4.79 Å². The maximum absolute atomic E-state index is 11.9. The number of amides is 2. The summed E-state index contributed by atoms with van der Waals surface area (Å²) in [6.45, 7) is 8.79. The SMILES string of the molecule is CCCCCN1CCN(C(=O)NCCN(C)C)CC1. The summed E-state index contributed by atoms with van der Waals surface area (Å²) >= 11 is 0. The van der Waals surface area contributed by atoms with Crippen LogP contribution in [0.15, 0.2) is 0 Å². The number of nitrogens with one attached hydrogen (secondary N) is 1. The van der Waals surface area contributed by atoms with Gasteiger partial charge >= 0.3 is 6.03 Å². The number of likely N-dealkylation sites (N-methyl/N-ethyl adjacent to an activating group) is 1. The molecule has 5 heteroatoms. The van der Waals surface area contributed by atoms with Gasteiger partial charge < -0.3 is 15.1 Å². The first-order valence-corrected chi connectivity index (χ1v) is 7.53. The van der Waals surface area contributed by atoms with E-state index in [-0.39, 0.29) is 6.03 Å². The Labute approximate surface area is 117 Å². The maximum Gasteiger partial charge on any atom is 0.317 e. The van der Waals surface area contributed by atoms with Gasteiger partial charge in [0.25, 0.3) is 0 Å². The summed E-state index contributed by atoms with van der Waals surface area (Å²) in [5, 5.41) is 2.98. The molecule has 0 aliphatic carbocycles. The highest BCUT2D eigenvalue weighted by molar-refractivity contribution is 5.74. The van der Waals surface area contributed by atoms with Crippen molar-refractivity contribution in [2.75, 3.05) is 59.9 Å². The van der Waals surface area contributed by atoms with Crippen LogP contribution in [-0.4, -0.2) is 80.6 Å². The third-order valence-corrected chi connectivity index (χ3v) is 3.57. The number of nitrogens with zero attached hydrogens (tertiary/aromatic N) is 3. The number of urea groups is 1. The van der Waals surface area contributed by atoms with Crippen molar-refractivity contribution in [3.05, 3.63) is 0 Å². The van der Waals surface area contributed by atoms with E-state index in [0.29, 0.717) is 0 Å². The first-order chi connectivity index (χ1) is 9.13. The molecule has 0 aromatic heterocycles. The van der Waals surface area contributed by atoms with E-state index in [2.05, 4.69) is 22.0 Å². The maximum atomic E-state index is 11.9. The van der Waals surface area contributed by atoms with Crippen molar-refractivity contribution in [1.29, 1.82) is 0 Å². The third kappa shape index (κ3) is 6.78.